The van der Waals surface area contributed by atoms with Gasteiger partial charge in [-0.2, -0.15) is 13.2 Å². The fraction of sp³-hybridized carbons (Fsp3) is 0.700. The molecule has 0 aromatic heterocycles. The molecule has 0 bridgehead atoms. The highest BCUT2D eigenvalue weighted by molar-refractivity contribution is 5.80. The van der Waals surface area contributed by atoms with Crippen LogP contribution in [-0.2, 0) is 4.74 Å². The summed E-state index contributed by atoms with van der Waals surface area (Å²) in [7, 11) is 0. The van der Waals surface area contributed by atoms with Crippen LogP contribution in [0.1, 0.15) is 19.8 Å². The molecule has 0 unspecified atom stereocenters. The molecule has 94 valence electrons. The lowest BCUT2D eigenvalue weighted by Gasteiger charge is -2.06. The number of rotatable bonds is 7. The van der Waals surface area contributed by atoms with Crippen LogP contribution < -0.4 is 5.73 Å². The number of nitrogens with two attached hydrogens (primary N) is 1. The standard InChI is InChI=1S/C10H17F3N2O/c1-2-3-4-9(10(11,12)13)7-15-8-16-6-5-14/h4,7H,2-3,5-6,8,14H2,1H3/b9-4+,15-7?. The summed E-state index contributed by atoms with van der Waals surface area (Å²) in [5.74, 6) is 0. The molecule has 0 spiro atoms. The molecule has 16 heavy (non-hydrogen) atoms. The fourth-order valence-corrected chi connectivity index (χ4v) is 0.878. The van der Waals surface area contributed by atoms with Crippen molar-refractivity contribution in [3.05, 3.63) is 11.6 Å². The van der Waals surface area contributed by atoms with Crippen molar-refractivity contribution >= 4 is 6.21 Å². The molecule has 0 rings (SSSR count). The van der Waals surface area contributed by atoms with E-state index in [2.05, 4.69) is 4.99 Å². The van der Waals surface area contributed by atoms with Gasteiger partial charge in [0, 0.05) is 12.8 Å². The van der Waals surface area contributed by atoms with E-state index in [0.29, 0.717) is 19.4 Å². The Morgan fingerprint density at radius 1 is 1.44 bits per heavy atom. The highest BCUT2D eigenvalue weighted by atomic mass is 19.4. The third-order valence-electron chi connectivity index (χ3n) is 1.64. The molecule has 0 aliphatic carbocycles. The van der Waals surface area contributed by atoms with Crippen LogP contribution in [0.5, 0.6) is 0 Å². The fourth-order valence-electron chi connectivity index (χ4n) is 0.878. The van der Waals surface area contributed by atoms with Crippen molar-refractivity contribution in [1.29, 1.82) is 0 Å². The predicted molar refractivity (Wildman–Crippen MR) is 57.4 cm³/mol. The van der Waals surface area contributed by atoms with E-state index in [-0.39, 0.29) is 13.3 Å². The number of hydrogen-bond acceptors (Lipinski definition) is 3. The summed E-state index contributed by atoms with van der Waals surface area (Å²) >= 11 is 0. The molecular weight excluding hydrogens is 221 g/mol. The normalized spacial score (nSPS) is 13.7. The first kappa shape index (κ1) is 15.1. The second-order valence-electron chi connectivity index (χ2n) is 3.08. The van der Waals surface area contributed by atoms with E-state index in [1.165, 1.54) is 0 Å². The molecule has 0 aliphatic rings. The number of alkyl halides is 3. The quantitative estimate of drug-likeness (QED) is 0.546. The summed E-state index contributed by atoms with van der Waals surface area (Å²) in [5, 5.41) is 0. The molecular formula is C10H17F3N2O. The van der Waals surface area contributed by atoms with Gasteiger partial charge in [-0.25, -0.2) is 0 Å². The second kappa shape index (κ2) is 8.29. The van der Waals surface area contributed by atoms with Gasteiger partial charge in [0.2, 0.25) is 0 Å². The summed E-state index contributed by atoms with van der Waals surface area (Å²) in [4.78, 5) is 3.54. The average molecular weight is 238 g/mol. The van der Waals surface area contributed by atoms with Gasteiger partial charge in [-0.3, -0.25) is 4.99 Å². The van der Waals surface area contributed by atoms with Crippen molar-refractivity contribution in [2.75, 3.05) is 19.9 Å². The first-order valence-electron chi connectivity index (χ1n) is 5.07. The maximum absolute atomic E-state index is 12.4. The summed E-state index contributed by atoms with van der Waals surface area (Å²) in [5.41, 5.74) is 4.41. The highest BCUT2D eigenvalue weighted by Gasteiger charge is 2.31. The molecule has 0 aromatic carbocycles. The lowest BCUT2D eigenvalue weighted by Crippen LogP contribution is -2.14. The molecule has 0 saturated heterocycles. The summed E-state index contributed by atoms with van der Waals surface area (Å²) in [6.45, 7) is 2.33. The van der Waals surface area contributed by atoms with Crippen LogP contribution in [0, 0.1) is 0 Å². The van der Waals surface area contributed by atoms with E-state index in [1.807, 2.05) is 6.92 Å². The summed E-state index contributed by atoms with van der Waals surface area (Å²) in [6, 6.07) is 0. The van der Waals surface area contributed by atoms with E-state index in [0.717, 1.165) is 12.3 Å². The van der Waals surface area contributed by atoms with Gasteiger partial charge >= 0.3 is 6.18 Å². The number of aliphatic imine (C=N–C) groups is 1. The zero-order chi connectivity index (χ0) is 12.4. The maximum Gasteiger partial charge on any atom is 0.417 e. The number of hydrogen-bond donors (Lipinski definition) is 1. The third-order valence-corrected chi connectivity index (χ3v) is 1.64. The van der Waals surface area contributed by atoms with Crippen LogP contribution in [0.4, 0.5) is 13.2 Å². The van der Waals surface area contributed by atoms with Crippen molar-refractivity contribution in [3.63, 3.8) is 0 Å². The lowest BCUT2D eigenvalue weighted by atomic mass is 10.2. The minimum absolute atomic E-state index is 0.100. The zero-order valence-electron chi connectivity index (χ0n) is 9.26. The van der Waals surface area contributed by atoms with Gasteiger partial charge in [-0.05, 0) is 6.42 Å². The van der Waals surface area contributed by atoms with Crippen LogP contribution >= 0.6 is 0 Å². The Labute approximate surface area is 93.2 Å². The van der Waals surface area contributed by atoms with Gasteiger partial charge in [0.1, 0.15) is 6.73 Å². The number of nitrogens with zero attached hydrogens (tertiary/aromatic N) is 1. The summed E-state index contributed by atoms with van der Waals surface area (Å²) in [6.07, 6.45) is -1.38. The van der Waals surface area contributed by atoms with Gasteiger partial charge in [-0.15, -0.1) is 0 Å². The van der Waals surface area contributed by atoms with Crippen molar-refractivity contribution in [2.45, 2.75) is 25.9 Å². The van der Waals surface area contributed by atoms with E-state index in [1.54, 1.807) is 0 Å². The Balaban J connectivity index is 4.22. The largest absolute Gasteiger partial charge is 0.417 e. The van der Waals surface area contributed by atoms with Crippen molar-refractivity contribution < 1.29 is 17.9 Å². The molecule has 0 aliphatic heterocycles. The number of unbranched alkanes of at least 4 members (excludes halogenated alkanes) is 1. The SMILES string of the molecule is CCC/C=C(\C=NCOCCN)C(F)(F)F. The molecule has 3 nitrogen and oxygen atoms in total. The first-order chi connectivity index (χ1) is 7.52. The lowest BCUT2D eigenvalue weighted by molar-refractivity contribution is -0.0858. The Morgan fingerprint density at radius 3 is 2.62 bits per heavy atom. The van der Waals surface area contributed by atoms with Gasteiger partial charge in [-0.1, -0.05) is 19.4 Å². The Bertz CT molecular complexity index is 237. The maximum atomic E-state index is 12.4. The molecule has 0 saturated carbocycles. The molecule has 0 atom stereocenters. The van der Waals surface area contributed by atoms with Crippen molar-refractivity contribution in [1.82, 2.24) is 0 Å². The second-order valence-corrected chi connectivity index (χ2v) is 3.08. The van der Waals surface area contributed by atoms with Crippen LogP contribution in [0.2, 0.25) is 0 Å². The molecule has 0 radical (unpaired) electrons. The smallest absolute Gasteiger partial charge is 0.358 e. The summed E-state index contributed by atoms with van der Waals surface area (Å²) < 4.78 is 42.0. The Morgan fingerprint density at radius 2 is 2.12 bits per heavy atom. The average Bonchev–Trinajstić information content (AvgIpc) is 2.20. The molecule has 0 aromatic rings. The molecule has 2 N–H and O–H groups in total. The van der Waals surface area contributed by atoms with Gasteiger partial charge in [0.15, 0.2) is 0 Å². The van der Waals surface area contributed by atoms with E-state index in [4.69, 9.17) is 10.5 Å². The van der Waals surface area contributed by atoms with Gasteiger partial charge in [0.05, 0.1) is 12.2 Å². The Hall–Kier alpha value is -0.880. The van der Waals surface area contributed by atoms with E-state index in [9.17, 15) is 13.2 Å². The van der Waals surface area contributed by atoms with E-state index >= 15 is 0 Å². The third kappa shape index (κ3) is 7.42. The molecule has 0 fully saturated rings. The molecule has 0 amide bonds. The zero-order valence-corrected chi connectivity index (χ0v) is 9.26. The minimum Gasteiger partial charge on any atom is -0.358 e. The van der Waals surface area contributed by atoms with E-state index < -0.39 is 11.7 Å². The topological polar surface area (TPSA) is 47.6 Å². The van der Waals surface area contributed by atoms with Gasteiger partial charge in [0.25, 0.3) is 0 Å². The molecule has 6 heteroatoms. The molecule has 0 heterocycles. The highest BCUT2D eigenvalue weighted by Crippen LogP contribution is 2.24. The number of allylic oxidation sites excluding steroid dienone is 2. The van der Waals surface area contributed by atoms with Crippen molar-refractivity contribution in [2.24, 2.45) is 10.7 Å². The Kier molecular flexibility index (Phi) is 7.84. The number of halogens is 3. The van der Waals surface area contributed by atoms with Crippen LogP contribution in [0.25, 0.3) is 0 Å². The van der Waals surface area contributed by atoms with Crippen LogP contribution in [0.15, 0.2) is 16.6 Å². The van der Waals surface area contributed by atoms with Crippen LogP contribution in [0.3, 0.4) is 0 Å². The number of ether oxygens (including phenoxy) is 1. The predicted octanol–water partition coefficient (Wildman–Crippen LogP) is 2.28. The minimum atomic E-state index is -4.35. The van der Waals surface area contributed by atoms with Crippen LogP contribution in [-0.4, -0.2) is 32.3 Å². The van der Waals surface area contributed by atoms with Crippen molar-refractivity contribution in [3.8, 4) is 0 Å². The monoisotopic (exact) mass is 238 g/mol. The first-order valence-corrected chi connectivity index (χ1v) is 5.07. The van der Waals surface area contributed by atoms with Gasteiger partial charge < -0.3 is 10.5 Å².